The summed E-state index contributed by atoms with van der Waals surface area (Å²) in [5.74, 6) is -1.52. The Kier molecular flexibility index (Phi) is 8.24. The number of hydrogen-bond acceptors (Lipinski definition) is 8. The molecule has 2 amide bonds. The summed E-state index contributed by atoms with van der Waals surface area (Å²) in [4.78, 5) is 41.0. The lowest BCUT2D eigenvalue weighted by molar-refractivity contribution is -0.172. The summed E-state index contributed by atoms with van der Waals surface area (Å²) in [5, 5.41) is 2.19. The molecule has 3 aromatic carbocycles. The van der Waals surface area contributed by atoms with Crippen LogP contribution in [-0.2, 0) is 39.8 Å². The molecule has 11 heteroatoms. The van der Waals surface area contributed by atoms with Crippen molar-refractivity contribution in [2.24, 2.45) is 0 Å². The standard InChI is InChI=1S/C29H28N2O7S2/c1-40(35,36)38-22-18-39-28-24(30-23(32)17-19-11-5-2-6-12-19)27(33)31(28)25(22)29(34)37-26(20-13-7-3-8-14-20)21-15-9-4-10-16-21/h2-16,22,24-26,28H,17-18H2,1H3,(H,30,32)/t22?,24-,25?,28+/m1/s1. The molecule has 5 rings (SSSR count). The first kappa shape index (κ1) is 27.9. The number of β-lactam (4-membered cyclic amide) rings is 1. The first-order valence-corrected chi connectivity index (χ1v) is 15.5. The lowest BCUT2D eigenvalue weighted by Crippen LogP contribution is -2.77. The summed E-state index contributed by atoms with van der Waals surface area (Å²) in [6.45, 7) is 0. The van der Waals surface area contributed by atoms with Crippen LogP contribution in [0.15, 0.2) is 91.0 Å². The van der Waals surface area contributed by atoms with E-state index in [1.807, 2.05) is 91.0 Å². The Morgan fingerprint density at radius 3 is 2.05 bits per heavy atom. The number of benzene rings is 3. The monoisotopic (exact) mass is 580 g/mol. The van der Waals surface area contributed by atoms with Crippen molar-refractivity contribution in [1.82, 2.24) is 10.2 Å². The molecule has 9 nitrogen and oxygen atoms in total. The molecule has 40 heavy (non-hydrogen) atoms. The van der Waals surface area contributed by atoms with Gasteiger partial charge in [0.05, 0.1) is 12.7 Å². The van der Waals surface area contributed by atoms with Crippen molar-refractivity contribution in [3.8, 4) is 0 Å². The highest BCUT2D eigenvalue weighted by atomic mass is 32.2. The van der Waals surface area contributed by atoms with Crippen LogP contribution in [0, 0.1) is 0 Å². The smallest absolute Gasteiger partial charge is 0.332 e. The predicted molar refractivity (Wildman–Crippen MR) is 149 cm³/mol. The number of amides is 2. The molecule has 0 aliphatic carbocycles. The lowest BCUT2D eigenvalue weighted by atomic mass is 9.98. The zero-order valence-corrected chi connectivity index (χ0v) is 23.2. The molecule has 0 saturated carbocycles. The van der Waals surface area contributed by atoms with Gasteiger partial charge in [-0.1, -0.05) is 91.0 Å². The summed E-state index contributed by atoms with van der Waals surface area (Å²) in [5.41, 5.74) is 2.23. The van der Waals surface area contributed by atoms with E-state index < -0.39 is 51.7 Å². The molecule has 1 N–H and O–H groups in total. The molecule has 3 aromatic rings. The largest absolute Gasteiger partial charge is 0.451 e. The molecule has 2 heterocycles. The van der Waals surface area contributed by atoms with Gasteiger partial charge in [0.1, 0.15) is 17.5 Å². The van der Waals surface area contributed by atoms with Crippen LogP contribution in [0.1, 0.15) is 22.8 Å². The van der Waals surface area contributed by atoms with E-state index in [0.29, 0.717) is 11.1 Å². The second-order valence-corrected chi connectivity index (χ2v) is 12.3. The van der Waals surface area contributed by atoms with Crippen LogP contribution in [0.5, 0.6) is 0 Å². The van der Waals surface area contributed by atoms with Gasteiger partial charge < -0.3 is 15.0 Å². The van der Waals surface area contributed by atoms with Crippen molar-refractivity contribution < 1.29 is 31.7 Å². The van der Waals surface area contributed by atoms with Gasteiger partial charge in [0.2, 0.25) is 11.8 Å². The second kappa shape index (κ2) is 11.8. The third-order valence-electron chi connectivity index (χ3n) is 6.67. The lowest BCUT2D eigenvalue weighted by Gasteiger charge is -2.54. The van der Waals surface area contributed by atoms with E-state index in [4.69, 9.17) is 8.92 Å². The number of nitrogens with zero attached hydrogens (tertiary/aromatic N) is 1. The number of thioether (sulfide) groups is 1. The van der Waals surface area contributed by atoms with Gasteiger partial charge in [0, 0.05) is 5.75 Å². The van der Waals surface area contributed by atoms with Crippen LogP contribution in [0.4, 0.5) is 0 Å². The van der Waals surface area contributed by atoms with Gasteiger partial charge in [0.25, 0.3) is 10.1 Å². The van der Waals surface area contributed by atoms with E-state index in [-0.39, 0.29) is 18.1 Å². The minimum absolute atomic E-state index is 0.100. The van der Waals surface area contributed by atoms with Gasteiger partial charge in [0.15, 0.2) is 12.1 Å². The van der Waals surface area contributed by atoms with E-state index in [0.717, 1.165) is 11.8 Å². The number of carbonyl (C=O) groups is 3. The molecule has 2 fully saturated rings. The van der Waals surface area contributed by atoms with Crippen molar-refractivity contribution in [1.29, 1.82) is 0 Å². The van der Waals surface area contributed by atoms with Crippen LogP contribution in [0.25, 0.3) is 0 Å². The highest BCUT2D eigenvalue weighted by Gasteiger charge is 2.59. The van der Waals surface area contributed by atoms with Crippen LogP contribution in [0.2, 0.25) is 0 Å². The number of rotatable bonds is 9. The Balaban J connectivity index is 1.38. The SMILES string of the molecule is CS(=O)(=O)OC1CS[C@H]2[C@H](NC(=O)Cc3ccccc3)C(=O)N2C1C(=O)OC(c1ccccc1)c1ccccc1. The van der Waals surface area contributed by atoms with Gasteiger partial charge in [-0.3, -0.25) is 13.8 Å². The molecule has 2 saturated heterocycles. The quantitative estimate of drug-likeness (QED) is 0.233. The predicted octanol–water partition coefficient (Wildman–Crippen LogP) is 2.68. The van der Waals surface area contributed by atoms with E-state index in [1.54, 1.807) is 0 Å². The minimum atomic E-state index is -3.95. The van der Waals surface area contributed by atoms with Crippen molar-refractivity contribution in [3.63, 3.8) is 0 Å². The molecule has 0 aromatic heterocycles. The molecular formula is C29H28N2O7S2. The molecule has 2 aliphatic heterocycles. The highest BCUT2D eigenvalue weighted by Crippen LogP contribution is 2.41. The zero-order chi connectivity index (χ0) is 28.3. The van der Waals surface area contributed by atoms with Crippen molar-refractivity contribution >= 4 is 39.7 Å². The first-order valence-electron chi connectivity index (χ1n) is 12.7. The van der Waals surface area contributed by atoms with Crippen LogP contribution in [-0.4, -0.2) is 66.7 Å². The van der Waals surface area contributed by atoms with Gasteiger partial charge in [-0.25, -0.2) is 4.79 Å². The highest BCUT2D eigenvalue weighted by molar-refractivity contribution is 8.00. The normalized spacial score (nSPS) is 22.2. The molecule has 2 unspecified atom stereocenters. The van der Waals surface area contributed by atoms with Gasteiger partial charge >= 0.3 is 5.97 Å². The summed E-state index contributed by atoms with van der Waals surface area (Å²) in [6.07, 6.45) is -0.947. The van der Waals surface area contributed by atoms with Gasteiger partial charge in [-0.15, -0.1) is 11.8 Å². The number of nitrogens with one attached hydrogen (secondary N) is 1. The molecule has 0 radical (unpaired) electrons. The minimum Gasteiger partial charge on any atom is -0.451 e. The van der Waals surface area contributed by atoms with Crippen molar-refractivity contribution in [2.75, 3.05) is 12.0 Å². The zero-order valence-electron chi connectivity index (χ0n) is 21.6. The van der Waals surface area contributed by atoms with E-state index in [1.165, 1.54) is 16.7 Å². The maximum Gasteiger partial charge on any atom is 0.332 e. The number of esters is 1. The second-order valence-electron chi connectivity index (χ2n) is 9.60. The average Bonchev–Trinajstić information content (AvgIpc) is 2.95. The summed E-state index contributed by atoms with van der Waals surface area (Å²) >= 11 is 1.25. The average molecular weight is 581 g/mol. The summed E-state index contributed by atoms with van der Waals surface area (Å²) in [6, 6.07) is 25.2. The van der Waals surface area contributed by atoms with E-state index in [9.17, 15) is 22.8 Å². The Bertz CT molecular complexity index is 1430. The fourth-order valence-corrected chi connectivity index (χ4v) is 7.02. The van der Waals surface area contributed by atoms with E-state index in [2.05, 4.69) is 5.32 Å². The Morgan fingerprint density at radius 2 is 1.50 bits per heavy atom. The maximum absolute atomic E-state index is 13.8. The van der Waals surface area contributed by atoms with Gasteiger partial charge in [-0.05, 0) is 16.7 Å². The maximum atomic E-state index is 13.8. The molecule has 0 bridgehead atoms. The number of fused-ring (bicyclic) bond motifs is 1. The molecule has 208 valence electrons. The fourth-order valence-electron chi connectivity index (χ4n) is 4.90. The Labute approximate surface area is 237 Å². The molecule has 4 atom stereocenters. The fraction of sp³-hybridized carbons (Fsp3) is 0.276. The van der Waals surface area contributed by atoms with Crippen LogP contribution < -0.4 is 5.32 Å². The van der Waals surface area contributed by atoms with Crippen LogP contribution >= 0.6 is 11.8 Å². The molecule has 0 spiro atoms. The molecule has 2 aliphatic rings. The Hall–Kier alpha value is -3.67. The number of hydrogen-bond donors (Lipinski definition) is 1. The first-order chi connectivity index (χ1) is 19.2. The third kappa shape index (κ3) is 6.22. The topological polar surface area (TPSA) is 119 Å². The van der Waals surface area contributed by atoms with Crippen LogP contribution in [0.3, 0.4) is 0 Å². The summed E-state index contributed by atoms with van der Waals surface area (Å²) < 4.78 is 35.4. The Morgan fingerprint density at radius 1 is 0.950 bits per heavy atom. The number of carbonyl (C=O) groups excluding carboxylic acids is 3. The number of ether oxygens (including phenoxy) is 1. The van der Waals surface area contributed by atoms with Crippen molar-refractivity contribution in [3.05, 3.63) is 108 Å². The summed E-state index contributed by atoms with van der Waals surface area (Å²) in [7, 11) is -3.95. The van der Waals surface area contributed by atoms with Gasteiger partial charge in [-0.2, -0.15) is 8.42 Å². The van der Waals surface area contributed by atoms with E-state index >= 15 is 0 Å². The van der Waals surface area contributed by atoms with Crippen molar-refractivity contribution in [2.45, 2.75) is 36.1 Å². The molecular weight excluding hydrogens is 552 g/mol. The third-order valence-corrected chi connectivity index (χ3v) is 8.62.